The summed E-state index contributed by atoms with van der Waals surface area (Å²) in [6.07, 6.45) is 3.71. The number of rotatable bonds is 6. The highest BCUT2D eigenvalue weighted by atomic mass is 16.2. The Morgan fingerprint density at radius 2 is 1.56 bits per heavy atom. The van der Waals surface area contributed by atoms with E-state index < -0.39 is 0 Å². The third-order valence-corrected chi connectivity index (χ3v) is 6.26. The van der Waals surface area contributed by atoms with E-state index in [9.17, 15) is 9.59 Å². The summed E-state index contributed by atoms with van der Waals surface area (Å²) >= 11 is 0. The van der Waals surface area contributed by atoms with Gasteiger partial charge in [-0.1, -0.05) is 42.5 Å². The molecule has 0 spiro atoms. The Morgan fingerprint density at radius 1 is 0.861 bits per heavy atom. The lowest BCUT2D eigenvalue weighted by atomic mass is 10.0. The number of hydrogen-bond acceptors (Lipinski definition) is 4. The number of hydrogen-bond donors (Lipinski definition) is 2. The van der Waals surface area contributed by atoms with E-state index in [1.165, 1.54) is 0 Å². The van der Waals surface area contributed by atoms with Gasteiger partial charge in [0.2, 0.25) is 0 Å². The molecule has 2 aromatic heterocycles. The van der Waals surface area contributed by atoms with Crippen molar-refractivity contribution in [1.29, 1.82) is 0 Å². The summed E-state index contributed by atoms with van der Waals surface area (Å²) in [5.74, 6) is 0.511. The third-order valence-electron chi connectivity index (χ3n) is 6.26. The van der Waals surface area contributed by atoms with Crippen LogP contribution in [-0.2, 0) is 20.6 Å². The van der Waals surface area contributed by atoms with E-state index in [0.717, 1.165) is 39.0 Å². The quantitative estimate of drug-likeness (QED) is 0.387. The van der Waals surface area contributed by atoms with E-state index in [-0.39, 0.29) is 11.8 Å². The van der Waals surface area contributed by atoms with Gasteiger partial charge in [0.05, 0.1) is 5.52 Å². The van der Waals surface area contributed by atoms with Crippen molar-refractivity contribution < 1.29 is 9.59 Å². The molecule has 0 saturated carbocycles. The first-order valence-corrected chi connectivity index (χ1v) is 11.6. The van der Waals surface area contributed by atoms with Crippen molar-refractivity contribution in [3.05, 3.63) is 95.9 Å². The van der Waals surface area contributed by atoms with Gasteiger partial charge in [-0.05, 0) is 41.0 Å². The topological polar surface area (TPSA) is 93.8 Å². The SMILES string of the molecule is CNC(=O)c1ccc(CNC(=O)c2nn(C)c3ccc(-c4ccc(-c5nccn5C)cc4)cc23)cc1. The fraction of sp³-hybridized carbons (Fsp3) is 0.143. The molecule has 0 aliphatic rings. The van der Waals surface area contributed by atoms with Crippen LogP contribution in [0.15, 0.2) is 79.1 Å². The molecule has 0 aliphatic carbocycles. The standard InChI is InChI=1S/C28H26N6O2/c1-29-27(35)21-6-4-18(5-7-21)17-31-28(36)25-23-16-22(12-13-24(23)34(3)32-25)19-8-10-20(11-9-19)26-30-14-15-33(26)2/h4-16H,17H2,1-3H3,(H,29,35)(H,31,36). The van der Waals surface area contributed by atoms with Gasteiger partial charge in [0.25, 0.3) is 11.8 Å². The van der Waals surface area contributed by atoms with Crippen LogP contribution in [0.5, 0.6) is 0 Å². The Labute approximate surface area is 208 Å². The number of aromatic nitrogens is 4. The fourth-order valence-corrected chi connectivity index (χ4v) is 4.25. The molecule has 3 aromatic carbocycles. The molecule has 5 rings (SSSR count). The minimum Gasteiger partial charge on any atom is -0.355 e. The first kappa shape index (κ1) is 23.0. The van der Waals surface area contributed by atoms with E-state index in [1.807, 2.05) is 67.3 Å². The molecular weight excluding hydrogens is 452 g/mol. The summed E-state index contributed by atoms with van der Waals surface area (Å²) in [7, 11) is 5.40. The van der Waals surface area contributed by atoms with Crippen molar-refractivity contribution in [1.82, 2.24) is 30.0 Å². The molecule has 2 N–H and O–H groups in total. The van der Waals surface area contributed by atoms with Crippen molar-refractivity contribution in [2.24, 2.45) is 14.1 Å². The largest absolute Gasteiger partial charge is 0.355 e. The molecule has 5 aromatic rings. The van der Waals surface area contributed by atoms with Crippen molar-refractivity contribution in [3.63, 3.8) is 0 Å². The molecule has 36 heavy (non-hydrogen) atoms. The first-order chi connectivity index (χ1) is 17.4. The van der Waals surface area contributed by atoms with Crippen LogP contribution < -0.4 is 10.6 Å². The minimum atomic E-state index is -0.252. The molecule has 0 saturated heterocycles. The van der Waals surface area contributed by atoms with Gasteiger partial charge >= 0.3 is 0 Å². The summed E-state index contributed by atoms with van der Waals surface area (Å²) in [4.78, 5) is 29.2. The molecule has 0 atom stereocenters. The van der Waals surface area contributed by atoms with Crippen LogP contribution >= 0.6 is 0 Å². The molecule has 0 unspecified atom stereocenters. The van der Waals surface area contributed by atoms with Crippen LogP contribution in [-0.4, -0.2) is 38.2 Å². The van der Waals surface area contributed by atoms with E-state index in [1.54, 1.807) is 30.1 Å². The van der Waals surface area contributed by atoms with Gasteiger partial charge in [-0.2, -0.15) is 5.10 Å². The molecule has 8 nitrogen and oxygen atoms in total. The highest BCUT2D eigenvalue weighted by Crippen LogP contribution is 2.28. The molecule has 0 bridgehead atoms. The van der Waals surface area contributed by atoms with Crippen molar-refractivity contribution in [2.75, 3.05) is 7.05 Å². The number of nitrogens with zero attached hydrogens (tertiary/aromatic N) is 4. The van der Waals surface area contributed by atoms with E-state index >= 15 is 0 Å². The smallest absolute Gasteiger partial charge is 0.272 e. The maximum atomic E-state index is 13.1. The van der Waals surface area contributed by atoms with Crippen molar-refractivity contribution in [2.45, 2.75) is 6.54 Å². The fourth-order valence-electron chi connectivity index (χ4n) is 4.25. The molecule has 0 fully saturated rings. The Kier molecular flexibility index (Phi) is 6.08. The normalized spacial score (nSPS) is 11.0. The maximum absolute atomic E-state index is 13.1. The molecule has 0 radical (unpaired) electrons. The van der Waals surface area contributed by atoms with E-state index in [2.05, 4.69) is 32.8 Å². The lowest BCUT2D eigenvalue weighted by Crippen LogP contribution is -2.23. The van der Waals surface area contributed by atoms with Crippen LogP contribution in [0.2, 0.25) is 0 Å². The van der Waals surface area contributed by atoms with Gasteiger partial charge in [-0.3, -0.25) is 14.3 Å². The van der Waals surface area contributed by atoms with Gasteiger partial charge in [-0.15, -0.1) is 0 Å². The Bertz CT molecular complexity index is 1560. The van der Waals surface area contributed by atoms with Gasteiger partial charge in [-0.25, -0.2) is 4.98 Å². The third kappa shape index (κ3) is 4.36. The molecule has 8 heteroatoms. The zero-order chi connectivity index (χ0) is 25.2. The van der Waals surface area contributed by atoms with Crippen LogP contribution in [0.25, 0.3) is 33.4 Å². The number of fused-ring (bicyclic) bond motifs is 1. The zero-order valence-electron chi connectivity index (χ0n) is 20.3. The number of benzene rings is 3. The lowest BCUT2D eigenvalue weighted by Gasteiger charge is -2.07. The zero-order valence-corrected chi connectivity index (χ0v) is 20.3. The van der Waals surface area contributed by atoms with Crippen molar-refractivity contribution in [3.8, 4) is 22.5 Å². The molecular formula is C28H26N6O2. The summed E-state index contributed by atoms with van der Waals surface area (Å²) in [6, 6.07) is 21.4. The molecule has 2 amide bonds. The summed E-state index contributed by atoms with van der Waals surface area (Å²) in [6.45, 7) is 0.333. The molecule has 180 valence electrons. The number of aryl methyl sites for hydroxylation is 2. The summed E-state index contributed by atoms with van der Waals surface area (Å²) in [5, 5.41) is 10.8. The van der Waals surface area contributed by atoms with Crippen LogP contribution in [0.3, 0.4) is 0 Å². The van der Waals surface area contributed by atoms with Gasteiger partial charge < -0.3 is 15.2 Å². The second kappa shape index (κ2) is 9.50. The number of nitrogens with one attached hydrogen (secondary N) is 2. The average molecular weight is 479 g/mol. The first-order valence-electron chi connectivity index (χ1n) is 11.6. The number of carbonyl (C=O) groups excluding carboxylic acids is 2. The second-order valence-corrected chi connectivity index (χ2v) is 8.60. The lowest BCUT2D eigenvalue weighted by molar-refractivity contribution is 0.0942. The van der Waals surface area contributed by atoms with Crippen molar-refractivity contribution >= 4 is 22.7 Å². The van der Waals surface area contributed by atoms with Gasteiger partial charge in [0.1, 0.15) is 5.82 Å². The molecule has 2 heterocycles. The molecule has 0 aliphatic heterocycles. The van der Waals surface area contributed by atoms with Crippen LogP contribution in [0, 0.1) is 0 Å². The van der Waals surface area contributed by atoms with Gasteiger partial charge in [0, 0.05) is 56.6 Å². The van der Waals surface area contributed by atoms with E-state index in [4.69, 9.17) is 0 Å². The van der Waals surface area contributed by atoms with E-state index in [0.29, 0.717) is 17.8 Å². The number of amides is 2. The second-order valence-electron chi connectivity index (χ2n) is 8.60. The highest BCUT2D eigenvalue weighted by molar-refractivity contribution is 6.06. The summed E-state index contributed by atoms with van der Waals surface area (Å²) < 4.78 is 3.70. The highest BCUT2D eigenvalue weighted by Gasteiger charge is 2.17. The minimum absolute atomic E-state index is 0.146. The average Bonchev–Trinajstić information content (AvgIpc) is 3.49. The number of carbonyl (C=O) groups is 2. The predicted octanol–water partition coefficient (Wildman–Crippen LogP) is 3.93. The predicted molar refractivity (Wildman–Crippen MR) is 139 cm³/mol. The number of imidazole rings is 1. The van der Waals surface area contributed by atoms with Crippen LogP contribution in [0.4, 0.5) is 0 Å². The van der Waals surface area contributed by atoms with Crippen LogP contribution in [0.1, 0.15) is 26.4 Å². The maximum Gasteiger partial charge on any atom is 0.272 e. The summed E-state index contributed by atoms with van der Waals surface area (Å²) in [5.41, 5.74) is 5.80. The Hall–Kier alpha value is -4.72. The Balaban J connectivity index is 1.37. The Morgan fingerprint density at radius 3 is 2.22 bits per heavy atom. The monoisotopic (exact) mass is 478 g/mol. The van der Waals surface area contributed by atoms with Gasteiger partial charge in [0.15, 0.2) is 5.69 Å².